The summed E-state index contributed by atoms with van der Waals surface area (Å²) in [5.41, 5.74) is 1.35. The molecule has 4 nitrogen and oxygen atoms in total. The predicted molar refractivity (Wildman–Crippen MR) is 77.8 cm³/mol. The maximum absolute atomic E-state index is 11.9. The molecule has 0 aliphatic heterocycles. The number of thiazole rings is 1. The summed E-state index contributed by atoms with van der Waals surface area (Å²) in [6.07, 6.45) is 0. The lowest BCUT2D eigenvalue weighted by Gasteiger charge is -2.07. The van der Waals surface area contributed by atoms with Gasteiger partial charge in [0.05, 0.1) is 13.7 Å². The van der Waals surface area contributed by atoms with Gasteiger partial charge in [0.15, 0.2) is 3.92 Å². The maximum atomic E-state index is 11.9. The first kappa shape index (κ1) is 14.0. The van der Waals surface area contributed by atoms with Crippen molar-refractivity contribution >= 4 is 33.2 Å². The molecule has 100 valence electrons. The summed E-state index contributed by atoms with van der Waals surface area (Å²) in [7, 11) is 1.59. The number of methoxy groups -OCH3 is 1. The summed E-state index contributed by atoms with van der Waals surface area (Å²) in [5, 5.41) is 0. The van der Waals surface area contributed by atoms with Gasteiger partial charge in [0.1, 0.15) is 16.3 Å². The summed E-state index contributed by atoms with van der Waals surface area (Å²) < 4.78 is 11.0. The van der Waals surface area contributed by atoms with Crippen molar-refractivity contribution in [2.24, 2.45) is 0 Å². The molecule has 0 spiro atoms. The SMILES string of the molecule is CCOC(=O)c1sc(Br)nc1-c1ccccc1OC. The smallest absolute Gasteiger partial charge is 0.350 e. The van der Waals surface area contributed by atoms with Gasteiger partial charge in [-0.25, -0.2) is 9.78 Å². The van der Waals surface area contributed by atoms with Crippen LogP contribution in [0, 0.1) is 0 Å². The topological polar surface area (TPSA) is 48.4 Å². The Labute approximate surface area is 123 Å². The van der Waals surface area contributed by atoms with E-state index in [0.717, 1.165) is 5.56 Å². The number of benzene rings is 1. The molecule has 0 radical (unpaired) electrons. The third kappa shape index (κ3) is 2.96. The van der Waals surface area contributed by atoms with Gasteiger partial charge in [-0.3, -0.25) is 0 Å². The van der Waals surface area contributed by atoms with E-state index in [1.165, 1.54) is 11.3 Å². The minimum absolute atomic E-state index is 0.333. The summed E-state index contributed by atoms with van der Waals surface area (Å²) in [5.74, 6) is 0.303. The Morgan fingerprint density at radius 3 is 2.84 bits per heavy atom. The number of carbonyl (C=O) groups excluding carboxylic acids is 1. The summed E-state index contributed by atoms with van der Waals surface area (Å²) in [6.45, 7) is 2.11. The van der Waals surface area contributed by atoms with Crippen LogP contribution in [0.3, 0.4) is 0 Å². The molecule has 2 aromatic rings. The highest BCUT2D eigenvalue weighted by Crippen LogP contribution is 2.36. The van der Waals surface area contributed by atoms with Crippen molar-refractivity contribution in [1.29, 1.82) is 0 Å². The van der Waals surface area contributed by atoms with E-state index >= 15 is 0 Å². The lowest BCUT2D eigenvalue weighted by molar-refractivity contribution is 0.0532. The molecule has 19 heavy (non-hydrogen) atoms. The van der Waals surface area contributed by atoms with Crippen molar-refractivity contribution in [3.63, 3.8) is 0 Å². The number of hydrogen-bond donors (Lipinski definition) is 0. The third-order valence-corrected chi connectivity index (χ3v) is 3.91. The van der Waals surface area contributed by atoms with E-state index < -0.39 is 0 Å². The first-order valence-electron chi connectivity index (χ1n) is 5.64. The Bertz CT molecular complexity index is 597. The second-order valence-electron chi connectivity index (χ2n) is 3.57. The van der Waals surface area contributed by atoms with Crippen LogP contribution in [-0.2, 0) is 4.74 Å². The Morgan fingerprint density at radius 2 is 2.16 bits per heavy atom. The summed E-state index contributed by atoms with van der Waals surface area (Å²) in [4.78, 5) is 16.8. The molecule has 1 aromatic heterocycles. The minimum Gasteiger partial charge on any atom is -0.496 e. The van der Waals surface area contributed by atoms with Crippen molar-refractivity contribution in [3.8, 4) is 17.0 Å². The first-order chi connectivity index (χ1) is 9.17. The summed E-state index contributed by atoms with van der Waals surface area (Å²) >= 11 is 4.56. The lowest BCUT2D eigenvalue weighted by Crippen LogP contribution is -2.04. The van der Waals surface area contributed by atoms with Gasteiger partial charge in [0, 0.05) is 5.56 Å². The van der Waals surface area contributed by atoms with Gasteiger partial charge in [0.2, 0.25) is 0 Å². The number of esters is 1. The molecule has 0 saturated heterocycles. The van der Waals surface area contributed by atoms with Gasteiger partial charge >= 0.3 is 5.97 Å². The summed E-state index contributed by atoms with van der Waals surface area (Å²) in [6, 6.07) is 7.44. The van der Waals surface area contributed by atoms with E-state index in [1.54, 1.807) is 14.0 Å². The van der Waals surface area contributed by atoms with Crippen molar-refractivity contribution in [2.45, 2.75) is 6.92 Å². The molecular formula is C13H12BrNO3S. The number of aromatic nitrogens is 1. The second kappa shape index (κ2) is 6.16. The van der Waals surface area contributed by atoms with Gasteiger partial charge in [0.25, 0.3) is 0 Å². The molecule has 0 saturated carbocycles. The van der Waals surface area contributed by atoms with Crippen LogP contribution in [0.15, 0.2) is 28.2 Å². The van der Waals surface area contributed by atoms with Crippen LogP contribution in [0.25, 0.3) is 11.3 Å². The zero-order chi connectivity index (χ0) is 13.8. The average Bonchev–Trinajstić information content (AvgIpc) is 2.81. The molecule has 0 unspecified atom stereocenters. The van der Waals surface area contributed by atoms with E-state index in [1.807, 2.05) is 24.3 Å². The fourth-order valence-electron chi connectivity index (χ4n) is 1.65. The molecular weight excluding hydrogens is 330 g/mol. The molecule has 0 atom stereocenters. The van der Waals surface area contributed by atoms with Gasteiger partial charge < -0.3 is 9.47 Å². The van der Waals surface area contributed by atoms with Crippen LogP contribution in [0.2, 0.25) is 0 Å². The Balaban J connectivity index is 2.53. The van der Waals surface area contributed by atoms with Crippen LogP contribution in [-0.4, -0.2) is 24.7 Å². The van der Waals surface area contributed by atoms with Crippen LogP contribution >= 0.6 is 27.3 Å². The van der Waals surface area contributed by atoms with Crippen LogP contribution in [0.4, 0.5) is 0 Å². The Morgan fingerprint density at radius 1 is 1.42 bits per heavy atom. The predicted octanol–water partition coefficient (Wildman–Crippen LogP) is 3.76. The van der Waals surface area contributed by atoms with Crippen molar-refractivity contribution < 1.29 is 14.3 Å². The molecule has 0 amide bonds. The van der Waals surface area contributed by atoms with E-state index in [2.05, 4.69) is 20.9 Å². The van der Waals surface area contributed by atoms with Gasteiger partial charge in [-0.2, -0.15) is 0 Å². The molecule has 0 bridgehead atoms. The number of hydrogen-bond acceptors (Lipinski definition) is 5. The second-order valence-corrected chi connectivity index (χ2v) is 5.84. The molecule has 1 aromatic carbocycles. The largest absolute Gasteiger partial charge is 0.496 e. The van der Waals surface area contributed by atoms with E-state index in [4.69, 9.17) is 9.47 Å². The lowest BCUT2D eigenvalue weighted by atomic mass is 10.1. The van der Waals surface area contributed by atoms with Gasteiger partial charge in [-0.05, 0) is 35.0 Å². The molecule has 0 fully saturated rings. The zero-order valence-corrected chi connectivity index (χ0v) is 12.9. The highest BCUT2D eigenvalue weighted by molar-refractivity contribution is 9.11. The fraction of sp³-hybridized carbons (Fsp3) is 0.231. The molecule has 2 rings (SSSR count). The number of halogens is 1. The quantitative estimate of drug-likeness (QED) is 0.794. The Kier molecular flexibility index (Phi) is 4.55. The van der Waals surface area contributed by atoms with Gasteiger partial charge in [-0.1, -0.05) is 23.5 Å². The molecule has 1 heterocycles. The number of nitrogens with zero attached hydrogens (tertiary/aromatic N) is 1. The molecule has 0 aliphatic carbocycles. The van der Waals surface area contributed by atoms with Crippen molar-refractivity contribution in [2.75, 3.05) is 13.7 Å². The first-order valence-corrected chi connectivity index (χ1v) is 7.25. The van der Waals surface area contributed by atoms with Crippen LogP contribution in [0.1, 0.15) is 16.6 Å². The van der Waals surface area contributed by atoms with E-state index in [-0.39, 0.29) is 5.97 Å². The molecule has 0 N–H and O–H groups in total. The highest BCUT2D eigenvalue weighted by atomic mass is 79.9. The number of rotatable bonds is 4. The van der Waals surface area contributed by atoms with Crippen LogP contribution < -0.4 is 4.74 Å². The number of ether oxygens (including phenoxy) is 2. The normalized spacial score (nSPS) is 10.3. The monoisotopic (exact) mass is 341 g/mol. The van der Waals surface area contributed by atoms with Crippen molar-refractivity contribution in [3.05, 3.63) is 33.1 Å². The molecule has 6 heteroatoms. The van der Waals surface area contributed by atoms with E-state index in [9.17, 15) is 4.79 Å². The maximum Gasteiger partial charge on any atom is 0.350 e. The number of para-hydroxylation sites is 1. The van der Waals surface area contributed by atoms with Gasteiger partial charge in [-0.15, -0.1) is 0 Å². The average molecular weight is 342 g/mol. The number of carbonyl (C=O) groups is 1. The highest BCUT2D eigenvalue weighted by Gasteiger charge is 2.21. The van der Waals surface area contributed by atoms with Crippen LogP contribution in [0.5, 0.6) is 5.75 Å². The Hall–Kier alpha value is -1.40. The van der Waals surface area contributed by atoms with Crippen molar-refractivity contribution in [1.82, 2.24) is 4.98 Å². The molecule has 0 aliphatic rings. The fourth-order valence-corrected chi connectivity index (χ4v) is 3.01. The van der Waals surface area contributed by atoms with E-state index in [0.29, 0.717) is 26.8 Å². The minimum atomic E-state index is -0.369. The third-order valence-electron chi connectivity index (χ3n) is 2.42. The zero-order valence-electron chi connectivity index (χ0n) is 10.5. The standard InChI is InChI=1S/C13H12BrNO3S/c1-3-18-12(16)11-10(15-13(14)19-11)8-6-4-5-7-9(8)17-2/h4-7H,3H2,1-2H3.